The maximum Gasteiger partial charge on any atom is 0.328 e. The molecule has 4 N–H and O–H groups in total. The number of nitrogens with zero attached hydrogens (tertiary/aromatic N) is 1. The number of ether oxygens (including phenoxy) is 1. The van der Waals surface area contributed by atoms with Gasteiger partial charge in [-0.2, -0.15) is 0 Å². The summed E-state index contributed by atoms with van der Waals surface area (Å²) in [4.78, 5) is 35.8. The number of hydrogen-bond donors (Lipinski definition) is 4. The molecule has 1 saturated heterocycles. The number of urea groups is 1. The average molecular weight is 289 g/mol. The summed E-state index contributed by atoms with van der Waals surface area (Å²) in [5, 5.41) is 22.4. The van der Waals surface area contributed by atoms with Gasteiger partial charge in [0, 0.05) is 13.1 Å². The predicted octanol–water partition coefficient (Wildman–Crippen LogP) is -2.02. The van der Waals surface area contributed by atoms with Crippen LogP contribution in [0.15, 0.2) is 0 Å². The molecule has 0 spiro atoms. The Hall–Kier alpha value is -1.87. The molecule has 1 heterocycles. The number of carboxylic acid groups (broad SMARTS) is 1. The zero-order valence-corrected chi connectivity index (χ0v) is 11.2. The number of rotatable bonds is 5. The summed E-state index contributed by atoms with van der Waals surface area (Å²) in [6, 6.07) is -2.93. The molecule has 0 radical (unpaired) electrons. The molecule has 9 nitrogen and oxygen atoms in total. The van der Waals surface area contributed by atoms with Crippen molar-refractivity contribution in [1.82, 2.24) is 15.5 Å². The van der Waals surface area contributed by atoms with Crippen LogP contribution in [-0.2, 0) is 14.3 Å². The van der Waals surface area contributed by atoms with E-state index in [0.29, 0.717) is 6.54 Å². The van der Waals surface area contributed by atoms with Crippen LogP contribution >= 0.6 is 0 Å². The highest BCUT2D eigenvalue weighted by atomic mass is 16.5. The second-order valence-electron chi connectivity index (χ2n) is 4.20. The number of carboxylic acids is 1. The molecule has 20 heavy (non-hydrogen) atoms. The van der Waals surface area contributed by atoms with Crippen LogP contribution in [0.25, 0.3) is 0 Å². The van der Waals surface area contributed by atoms with Crippen LogP contribution in [0.2, 0.25) is 0 Å². The van der Waals surface area contributed by atoms with Crippen LogP contribution in [0, 0.1) is 0 Å². The molecule has 0 saturated carbocycles. The van der Waals surface area contributed by atoms with Gasteiger partial charge in [-0.15, -0.1) is 0 Å². The first-order valence-corrected chi connectivity index (χ1v) is 6.27. The molecular weight excluding hydrogens is 270 g/mol. The first kappa shape index (κ1) is 16.2. The number of aliphatic hydroxyl groups is 1. The van der Waals surface area contributed by atoms with Gasteiger partial charge in [0.05, 0.1) is 19.8 Å². The molecule has 1 aliphatic rings. The fourth-order valence-electron chi connectivity index (χ4n) is 1.77. The summed E-state index contributed by atoms with van der Waals surface area (Å²) < 4.78 is 5.16. The summed E-state index contributed by atoms with van der Waals surface area (Å²) >= 11 is 0. The molecule has 9 heteroatoms. The summed E-state index contributed by atoms with van der Waals surface area (Å²) in [6.07, 6.45) is 0. The van der Waals surface area contributed by atoms with Gasteiger partial charge in [-0.1, -0.05) is 0 Å². The second-order valence-corrected chi connectivity index (χ2v) is 4.20. The van der Waals surface area contributed by atoms with E-state index in [4.69, 9.17) is 14.9 Å². The average Bonchev–Trinajstić information content (AvgIpc) is 2.44. The fraction of sp³-hybridized carbons (Fsp3) is 0.727. The van der Waals surface area contributed by atoms with E-state index >= 15 is 0 Å². The SMILES string of the molecule is CCNC(=O)C1COCCN1C(=O)N[C@H](CO)C(=O)O. The lowest BCUT2D eigenvalue weighted by Gasteiger charge is -2.34. The quantitative estimate of drug-likeness (QED) is 0.462. The Kier molecular flexibility index (Phi) is 6.19. The van der Waals surface area contributed by atoms with Crippen LogP contribution in [0.5, 0.6) is 0 Å². The van der Waals surface area contributed by atoms with Crippen molar-refractivity contribution in [2.24, 2.45) is 0 Å². The van der Waals surface area contributed by atoms with Crippen LogP contribution in [0.1, 0.15) is 6.92 Å². The van der Waals surface area contributed by atoms with Gasteiger partial charge in [0.2, 0.25) is 5.91 Å². The topological polar surface area (TPSA) is 128 Å². The highest BCUT2D eigenvalue weighted by Crippen LogP contribution is 2.08. The molecule has 114 valence electrons. The number of nitrogens with one attached hydrogen (secondary N) is 2. The van der Waals surface area contributed by atoms with Crippen molar-refractivity contribution in [2.75, 3.05) is 32.9 Å². The third-order valence-electron chi connectivity index (χ3n) is 2.82. The fourth-order valence-corrected chi connectivity index (χ4v) is 1.77. The number of aliphatic hydroxyl groups excluding tert-OH is 1. The molecule has 1 aliphatic heterocycles. The normalized spacial score (nSPS) is 20.1. The second kappa shape index (κ2) is 7.65. The van der Waals surface area contributed by atoms with Gasteiger partial charge >= 0.3 is 12.0 Å². The van der Waals surface area contributed by atoms with Gasteiger partial charge in [-0.25, -0.2) is 9.59 Å². The van der Waals surface area contributed by atoms with Crippen LogP contribution < -0.4 is 10.6 Å². The maximum atomic E-state index is 12.0. The van der Waals surface area contributed by atoms with E-state index in [2.05, 4.69) is 10.6 Å². The van der Waals surface area contributed by atoms with Crippen molar-refractivity contribution < 1.29 is 29.3 Å². The van der Waals surface area contributed by atoms with E-state index in [-0.39, 0.29) is 25.7 Å². The van der Waals surface area contributed by atoms with Gasteiger partial charge in [-0.3, -0.25) is 4.79 Å². The number of likely N-dealkylation sites (N-methyl/N-ethyl adjacent to an activating group) is 1. The van der Waals surface area contributed by atoms with E-state index in [1.165, 1.54) is 4.90 Å². The predicted molar refractivity (Wildman–Crippen MR) is 67.0 cm³/mol. The lowest BCUT2D eigenvalue weighted by atomic mass is 10.2. The molecule has 0 bridgehead atoms. The van der Waals surface area contributed by atoms with Crippen molar-refractivity contribution in [2.45, 2.75) is 19.0 Å². The molecule has 1 unspecified atom stereocenters. The Bertz CT molecular complexity index is 375. The lowest BCUT2D eigenvalue weighted by molar-refractivity contribution is -0.140. The van der Waals surface area contributed by atoms with Crippen molar-refractivity contribution in [1.29, 1.82) is 0 Å². The molecule has 1 rings (SSSR count). The molecule has 0 aromatic heterocycles. The number of aliphatic carboxylic acids is 1. The first-order valence-electron chi connectivity index (χ1n) is 6.27. The minimum atomic E-state index is -1.40. The van der Waals surface area contributed by atoms with E-state index in [9.17, 15) is 14.4 Å². The van der Waals surface area contributed by atoms with Gasteiger partial charge < -0.3 is 30.5 Å². The Morgan fingerprint density at radius 2 is 2.15 bits per heavy atom. The van der Waals surface area contributed by atoms with Crippen molar-refractivity contribution >= 4 is 17.9 Å². The third kappa shape index (κ3) is 4.07. The van der Waals surface area contributed by atoms with Crippen LogP contribution in [-0.4, -0.2) is 78.0 Å². The summed E-state index contributed by atoms with van der Waals surface area (Å²) in [6.45, 7) is 1.93. The number of amides is 3. The Morgan fingerprint density at radius 1 is 1.45 bits per heavy atom. The lowest BCUT2D eigenvalue weighted by Crippen LogP contribution is -2.60. The largest absolute Gasteiger partial charge is 0.480 e. The van der Waals surface area contributed by atoms with E-state index < -0.39 is 30.7 Å². The van der Waals surface area contributed by atoms with Gasteiger partial charge in [0.25, 0.3) is 0 Å². The van der Waals surface area contributed by atoms with Crippen molar-refractivity contribution in [3.63, 3.8) is 0 Å². The number of carbonyl (C=O) groups is 3. The molecule has 0 aromatic rings. The molecule has 3 amide bonds. The van der Waals surface area contributed by atoms with E-state index in [1.807, 2.05) is 0 Å². The molecule has 2 atom stereocenters. The minimum Gasteiger partial charge on any atom is -0.480 e. The summed E-state index contributed by atoms with van der Waals surface area (Å²) in [7, 11) is 0. The summed E-state index contributed by atoms with van der Waals surface area (Å²) in [5.74, 6) is -1.71. The van der Waals surface area contributed by atoms with E-state index in [0.717, 1.165) is 0 Å². The first-order chi connectivity index (χ1) is 9.51. The zero-order valence-electron chi connectivity index (χ0n) is 11.2. The van der Waals surface area contributed by atoms with Gasteiger partial charge in [-0.05, 0) is 6.92 Å². The smallest absolute Gasteiger partial charge is 0.328 e. The number of hydrogen-bond acceptors (Lipinski definition) is 5. The van der Waals surface area contributed by atoms with Crippen molar-refractivity contribution in [3.8, 4) is 0 Å². The van der Waals surface area contributed by atoms with Crippen molar-refractivity contribution in [3.05, 3.63) is 0 Å². The van der Waals surface area contributed by atoms with Crippen LogP contribution in [0.3, 0.4) is 0 Å². The third-order valence-corrected chi connectivity index (χ3v) is 2.82. The zero-order chi connectivity index (χ0) is 15.1. The molecule has 0 aromatic carbocycles. The standard InChI is InChI=1S/C11H19N3O6/c1-2-12-9(16)8-6-20-4-3-14(8)11(19)13-7(5-15)10(17)18/h7-8,15H,2-6H2,1H3,(H,12,16)(H,13,19)(H,17,18)/t7-,8?/m1/s1. The highest BCUT2D eigenvalue weighted by Gasteiger charge is 2.34. The van der Waals surface area contributed by atoms with Gasteiger partial charge in [0.1, 0.15) is 6.04 Å². The molecule has 1 fully saturated rings. The van der Waals surface area contributed by atoms with Gasteiger partial charge in [0.15, 0.2) is 6.04 Å². The van der Waals surface area contributed by atoms with E-state index in [1.54, 1.807) is 6.92 Å². The monoisotopic (exact) mass is 289 g/mol. The van der Waals surface area contributed by atoms with Crippen LogP contribution in [0.4, 0.5) is 4.79 Å². The number of morpholine rings is 1. The Labute approximate surface area is 115 Å². The molecule has 0 aliphatic carbocycles. The Morgan fingerprint density at radius 3 is 2.70 bits per heavy atom. The highest BCUT2D eigenvalue weighted by molar-refractivity contribution is 5.89. The minimum absolute atomic E-state index is 0.0517. The summed E-state index contributed by atoms with van der Waals surface area (Å²) in [5.41, 5.74) is 0. The maximum absolute atomic E-state index is 12.0. The number of carbonyl (C=O) groups excluding carboxylic acids is 2. The molecular formula is C11H19N3O6. The Balaban J connectivity index is 2.71.